The molecular weight excluding hydrogens is 793 g/mol. The van der Waals surface area contributed by atoms with E-state index in [0.29, 0.717) is 19.4 Å². The third-order valence-electron chi connectivity index (χ3n) is 12.0. The van der Waals surface area contributed by atoms with E-state index in [-0.39, 0.29) is 50.7 Å². The van der Waals surface area contributed by atoms with Gasteiger partial charge in [-0.2, -0.15) is 0 Å². The number of esters is 3. The average molecular weight is 889 g/mol. The Hall–Kier alpha value is -2.88. The number of carbonyl (C=O) groups is 4. The Kier molecular flexibility index (Phi) is 40.9. The Labute approximate surface area is 386 Å². The van der Waals surface area contributed by atoms with Gasteiger partial charge < -0.3 is 29.2 Å². The lowest BCUT2D eigenvalue weighted by Crippen LogP contribution is -2.36. The molecular formula is C53H96N2O8. The van der Waals surface area contributed by atoms with Crippen molar-refractivity contribution < 1.29 is 38.1 Å². The Morgan fingerprint density at radius 2 is 0.968 bits per heavy atom. The Bertz CT molecular complexity index is 1140. The van der Waals surface area contributed by atoms with E-state index >= 15 is 0 Å². The Morgan fingerprint density at radius 3 is 1.56 bits per heavy atom. The summed E-state index contributed by atoms with van der Waals surface area (Å²) in [4.78, 5) is 53.3. The van der Waals surface area contributed by atoms with E-state index < -0.39 is 18.0 Å². The van der Waals surface area contributed by atoms with Crippen molar-refractivity contribution >= 4 is 24.0 Å². The molecule has 0 aromatic carbocycles. The maximum absolute atomic E-state index is 12.9. The summed E-state index contributed by atoms with van der Waals surface area (Å²) in [6.45, 7) is 9.91. The quantitative estimate of drug-likeness (QED) is 0.0276. The molecule has 1 N–H and O–H groups in total. The molecule has 0 saturated carbocycles. The highest BCUT2D eigenvalue weighted by molar-refractivity contribution is 5.72. The van der Waals surface area contributed by atoms with Crippen LogP contribution < -0.4 is 5.32 Å². The van der Waals surface area contributed by atoms with Crippen molar-refractivity contribution in [3.05, 3.63) is 24.3 Å². The third kappa shape index (κ3) is 39.2. The van der Waals surface area contributed by atoms with E-state index in [1.54, 1.807) is 0 Å². The van der Waals surface area contributed by atoms with Gasteiger partial charge in [0.2, 0.25) is 0 Å². The minimum atomic E-state index is -0.539. The molecule has 0 radical (unpaired) electrons. The molecule has 1 aliphatic heterocycles. The molecule has 1 amide bonds. The third-order valence-corrected chi connectivity index (χ3v) is 12.0. The first-order valence-electron chi connectivity index (χ1n) is 26.3. The van der Waals surface area contributed by atoms with Crippen molar-refractivity contribution in [3.8, 4) is 0 Å². The molecule has 0 aromatic heterocycles. The smallest absolute Gasteiger partial charge is 0.407 e. The SMILES string of the molecule is CCCCC/C=C\C/C=C\CCCCCCCC(=O)OCC(COC(=O)CCCC(=O)OC(CCCCCCCC)CCCCCCCC)COC(=O)NCCN1CCCCCC1. The minimum absolute atomic E-state index is 0.0155. The fraction of sp³-hybridized carbons (Fsp3) is 0.849. The van der Waals surface area contributed by atoms with Crippen LogP contribution in [0.3, 0.4) is 0 Å². The van der Waals surface area contributed by atoms with Crippen LogP contribution in [0.2, 0.25) is 0 Å². The molecule has 63 heavy (non-hydrogen) atoms. The van der Waals surface area contributed by atoms with Gasteiger partial charge >= 0.3 is 24.0 Å². The number of hydrogen-bond acceptors (Lipinski definition) is 9. The van der Waals surface area contributed by atoms with Crippen molar-refractivity contribution in [2.24, 2.45) is 5.92 Å². The molecule has 366 valence electrons. The maximum atomic E-state index is 12.9. The van der Waals surface area contributed by atoms with Crippen molar-refractivity contribution in [1.29, 1.82) is 0 Å². The normalized spacial score (nSPS) is 14.0. The molecule has 10 heteroatoms. The highest BCUT2D eigenvalue weighted by Crippen LogP contribution is 2.18. The summed E-state index contributed by atoms with van der Waals surface area (Å²) in [5.41, 5.74) is 0. The van der Waals surface area contributed by atoms with Crippen LogP contribution in [-0.4, -0.2) is 81.0 Å². The lowest BCUT2D eigenvalue weighted by Gasteiger charge is -2.20. The second-order valence-corrected chi connectivity index (χ2v) is 18.1. The number of carbonyl (C=O) groups excluding carboxylic acids is 4. The number of allylic oxidation sites excluding steroid dienone is 4. The first-order valence-corrected chi connectivity index (χ1v) is 26.3. The Balaban J connectivity index is 2.49. The molecule has 1 atom stereocenters. The summed E-state index contributed by atoms with van der Waals surface area (Å²) in [5, 5.41) is 2.83. The van der Waals surface area contributed by atoms with E-state index in [4.69, 9.17) is 18.9 Å². The van der Waals surface area contributed by atoms with Crippen LogP contribution in [0.25, 0.3) is 0 Å². The second kappa shape index (κ2) is 44.3. The molecule has 10 nitrogen and oxygen atoms in total. The van der Waals surface area contributed by atoms with Crippen LogP contribution >= 0.6 is 0 Å². The first kappa shape index (κ1) is 58.1. The number of nitrogens with one attached hydrogen (secondary N) is 1. The monoisotopic (exact) mass is 889 g/mol. The summed E-state index contributed by atoms with van der Waals surface area (Å²) in [6, 6.07) is 0. The van der Waals surface area contributed by atoms with Gasteiger partial charge in [-0.1, -0.05) is 154 Å². The van der Waals surface area contributed by atoms with Crippen LogP contribution in [0, 0.1) is 5.92 Å². The van der Waals surface area contributed by atoms with Gasteiger partial charge in [-0.25, -0.2) is 4.79 Å². The minimum Gasteiger partial charge on any atom is -0.465 e. The lowest BCUT2D eigenvalue weighted by atomic mass is 10.0. The van der Waals surface area contributed by atoms with Crippen LogP contribution in [0.15, 0.2) is 24.3 Å². The van der Waals surface area contributed by atoms with Crippen molar-refractivity contribution in [3.63, 3.8) is 0 Å². The number of unbranched alkanes of at least 4 members (excludes halogenated alkanes) is 18. The van der Waals surface area contributed by atoms with E-state index in [1.807, 2.05) is 0 Å². The number of alkyl carbamates (subject to hydrolysis) is 1. The molecule has 0 spiro atoms. The van der Waals surface area contributed by atoms with E-state index in [9.17, 15) is 19.2 Å². The number of rotatable bonds is 42. The predicted molar refractivity (Wildman–Crippen MR) is 259 cm³/mol. The average Bonchev–Trinajstić information content (AvgIpc) is 3.56. The lowest BCUT2D eigenvalue weighted by molar-refractivity contribution is -0.150. The fourth-order valence-corrected chi connectivity index (χ4v) is 7.90. The molecule has 1 rings (SSSR count). The van der Waals surface area contributed by atoms with Gasteiger partial charge in [-0.15, -0.1) is 0 Å². The molecule has 0 bridgehead atoms. The van der Waals surface area contributed by atoms with Crippen LogP contribution in [0.4, 0.5) is 4.79 Å². The van der Waals surface area contributed by atoms with E-state index in [2.05, 4.69) is 55.3 Å². The zero-order valence-corrected chi connectivity index (χ0v) is 41.0. The van der Waals surface area contributed by atoms with Gasteiger partial charge in [-0.05, 0) is 96.6 Å². The topological polar surface area (TPSA) is 120 Å². The van der Waals surface area contributed by atoms with Gasteiger partial charge in [0.05, 0.1) is 5.92 Å². The highest BCUT2D eigenvalue weighted by atomic mass is 16.6. The van der Waals surface area contributed by atoms with Crippen molar-refractivity contribution in [2.75, 3.05) is 46.0 Å². The molecule has 1 fully saturated rings. The van der Waals surface area contributed by atoms with E-state index in [1.165, 1.54) is 116 Å². The number of hydrogen-bond donors (Lipinski definition) is 1. The van der Waals surface area contributed by atoms with Gasteiger partial charge in [0.1, 0.15) is 25.9 Å². The summed E-state index contributed by atoms with van der Waals surface area (Å²) in [6.07, 6.45) is 42.7. The molecule has 1 saturated heterocycles. The number of nitrogens with zero attached hydrogens (tertiary/aromatic N) is 1. The molecule has 1 unspecified atom stereocenters. The Morgan fingerprint density at radius 1 is 0.508 bits per heavy atom. The van der Waals surface area contributed by atoms with Gasteiger partial charge in [-0.3, -0.25) is 14.4 Å². The van der Waals surface area contributed by atoms with Crippen LogP contribution in [0.5, 0.6) is 0 Å². The summed E-state index contributed by atoms with van der Waals surface area (Å²) >= 11 is 0. The van der Waals surface area contributed by atoms with Gasteiger partial charge in [0.15, 0.2) is 0 Å². The summed E-state index contributed by atoms with van der Waals surface area (Å²) < 4.78 is 22.6. The zero-order valence-electron chi connectivity index (χ0n) is 41.0. The number of amides is 1. The summed E-state index contributed by atoms with van der Waals surface area (Å²) in [5.74, 6) is -1.51. The second-order valence-electron chi connectivity index (χ2n) is 18.1. The molecule has 0 aliphatic carbocycles. The summed E-state index contributed by atoms with van der Waals surface area (Å²) in [7, 11) is 0. The van der Waals surface area contributed by atoms with Gasteiger partial charge in [0.25, 0.3) is 0 Å². The molecule has 1 heterocycles. The van der Waals surface area contributed by atoms with Crippen LogP contribution in [0.1, 0.15) is 233 Å². The maximum Gasteiger partial charge on any atom is 0.407 e. The zero-order chi connectivity index (χ0) is 45.7. The largest absolute Gasteiger partial charge is 0.465 e. The van der Waals surface area contributed by atoms with Crippen molar-refractivity contribution in [1.82, 2.24) is 10.2 Å². The first-order chi connectivity index (χ1) is 30.9. The van der Waals surface area contributed by atoms with Crippen LogP contribution in [-0.2, 0) is 33.3 Å². The van der Waals surface area contributed by atoms with Crippen molar-refractivity contribution in [2.45, 2.75) is 239 Å². The standard InChI is InChI=1S/C53H96N2O8/c1-4-7-10-13-16-17-18-19-20-21-22-23-24-27-32-38-50(56)60-45-48(47-62-53(59)54-41-44-55-42-33-28-29-34-43-55)46-61-51(57)39-35-40-52(58)63-49(36-30-25-14-11-8-5-2)37-31-26-15-12-9-6-3/h16-17,19-20,48-49H,4-15,18,21-47H2,1-3H3,(H,54,59)/b17-16-,20-19-. The predicted octanol–water partition coefficient (Wildman–Crippen LogP) is 13.7. The van der Waals surface area contributed by atoms with Gasteiger partial charge in [0, 0.05) is 32.4 Å². The molecule has 0 aromatic rings. The number of ether oxygens (including phenoxy) is 4. The fourth-order valence-electron chi connectivity index (χ4n) is 7.90. The van der Waals surface area contributed by atoms with E-state index in [0.717, 1.165) is 90.3 Å². The highest BCUT2D eigenvalue weighted by Gasteiger charge is 2.19. The number of likely N-dealkylation sites (tertiary alicyclic amines) is 1. The molecule has 1 aliphatic rings.